The zero-order valence-corrected chi connectivity index (χ0v) is 11.6. The number of benzene rings is 1. The maximum Gasteiger partial charge on any atom is 0.0109 e. The average Bonchev–Trinajstić information content (AvgIpc) is 2.89. The van der Waals surface area contributed by atoms with E-state index in [-0.39, 0.29) is 0 Å². The van der Waals surface area contributed by atoms with Gasteiger partial charge in [-0.25, -0.2) is 0 Å². The Morgan fingerprint density at radius 1 is 1.25 bits per heavy atom. The molecule has 0 aromatic heterocycles. The van der Waals surface area contributed by atoms with E-state index in [1.54, 1.807) is 0 Å². The fourth-order valence-electron chi connectivity index (χ4n) is 2.00. The van der Waals surface area contributed by atoms with Crippen LogP contribution in [0.15, 0.2) is 30.3 Å². The van der Waals surface area contributed by atoms with Gasteiger partial charge in [0.15, 0.2) is 0 Å². The summed E-state index contributed by atoms with van der Waals surface area (Å²) in [6.45, 7) is 9.24. The molecule has 1 aliphatic rings. The summed E-state index contributed by atoms with van der Waals surface area (Å²) in [5.74, 6) is 2.45. The van der Waals surface area contributed by atoms with Gasteiger partial charge >= 0.3 is 0 Å². The molecular formula is C15H21P. The van der Waals surface area contributed by atoms with E-state index < -0.39 is 0 Å². The maximum absolute atomic E-state index is 2.45. The van der Waals surface area contributed by atoms with Gasteiger partial charge in [-0.15, -0.1) is 8.20 Å². The minimum absolute atomic E-state index is 0.349. The van der Waals surface area contributed by atoms with E-state index in [1.807, 2.05) is 0 Å². The van der Waals surface area contributed by atoms with Gasteiger partial charge in [0.1, 0.15) is 0 Å². The highest BCUT2D eigenvalue weighted by Gasteiger charge is 2.50. The molecule has 2 atom stereocenters. The minimum atomic E-state index is 0.349. The average molecular weight is 232 g/mol. The SMILES string of the molecule is CC(C)(C)C=PC1CC1(C)c1ccccc1. The first-order valence-corrected chi connectivity index (χ1v) is 7.05. The molecule has 16 heavy (non-hydrogen) atoms. The predicted octanol–water partition coefficient (Wildman–Crippen LogP) is 4.51. The molecule has 1 heteroatoms. The Bertz CT molecular complexity index is 386. The molecule has 86 valence electrons. The van der Waals surface area contributed by atoms with Crippen LogP contribution < -0.4 is 0 Å². The quantitative estimate of drug-likeness (QED) is 0.658. The van der Waals surface area contributed by atoms with Gasteiger partial charge in [0.05, 0.1) is 0 Å². The number of rotatable bonds is 2. The van der Waals surface area contributed by atoms with Crippen LogP contribution in [0.25, 0.3) is 0 Å². The molecule has 1 saturated carbocycles. The van der Waals surface area contributed by atoms with Gasteiger partial charge in [0.2, 0.25) is 0 Å². The molecule has 0 saturated heterocycles. The summed E-state index contributed by atoms with van der Waals surface area (Å²) in [4.78, 5) is 0. The van der Waals surface area contributed by atoms with E-state index in [0.717, 1.165) is 5.66 Å². The maximum atomic E-state index is 2.45. The lowest BCUT2D eigenvalue weighted by Crippen LogP contribution is -2.06. The first-order chi connectivity index (χ1) is 7.42. The monoisotopic (exact) mass is 232 g/mol. The molecular weight excluding hydrogens is 211 g/mol. The fourth-order valence-corrected chi connectivity index (χ4v) is 3.59. The highest BCUT2D eigenvalue weighted by atomic mass is 31.1. The lowest BCUT2D eigenvalue weighted by molar-refractivity contribution is 0.614. The molecule has 1 aromatic rings. The van der Waals surface area contributed by atoms with Crippen LogP contribution >= 0.6 is 8.20 Å². The molecule has 1 fully saturated rings. The lowest BCUT2D eigenvalue weighted by atomic mass is 9.99. The molecule has 2 rings (SSSR count). The Kier molecular flexibility index (Phi) is 2.97. The molecule has 1 aliphatic carbocycles. The topological polar surface area (TPSA) is 0 Å². The van der Waals surface area contributed by atoms with E-state index in [1.165, 1.54) is 20.2 Å². The normalized spacial score (nSPS) is 29.6. The first-order valence-electron chi connectivity index (χ1n) is 6.02. The zero-order valence-electron chi connectivity index (χ0n) is 10.7. The van der Waals surface area contributed by atoms with Crippen LogP contribution in [0.2, 0.25) is 0 Å². The van der Waals surface area contributed by atoms with Crippen molar-refractivity contribution in [3.05, 3.63) is 35.9 Å². The summed E-state index contributed by atoms with van der Waals surface area (Å²) in [5.41, 5.74) is 3.12. The summed E-state index contributed by atoms with van der Waals surface area (Å²) in [7, 11) is 1.51. The van der Waals surface area contributed by atoms with Crippen molar-refractivity contribution in [2.24, 2.45) is 5.41 Å². The van der Waals surface area contributed by atoms with Crippen molar-refractivity contribution in [3.63, 3.8) is 0 Å². The summed E-state index contributed by atoms with van der Waals surface area (Å²) in [5, 5.41) is 0. The van der Waals surface area contributed by atoms with Crippen molar-refractivity contribution in [3.8, 4) is 0 Å². The largest absolute Gasteiger partial charge is 0.104 e. The van der Waals surface area contributed by atoms with Crippen molar-refractivity contribution in [2.75, 3.05) is 0 Å². The van der Waals surface area contributed by atoms with Crippen LogP contribution in [0, 0.1) is 5.41 Å². The van der Waals surface area contributed by atoms with Gasteiger partial charge < -0.3 is 0 Å². The summed E-state index contributed by atoms with van der Waals surface area (Å²) >= 11 is 0. The van der Waals surface area contributed by atoms with Gasteiger partial charge in [0, 0.05) is 11.1 Å². The van der Waals surface area contributed by atoms with Crippen molar-refractivity contribution in [1.29, 1.82) is 0 Å². The van der Waals surface area contributed by atoms with Gasteiger partial charge in [-0.2, -0.15) is 0 Å². The van der Waals surface area contributed by atoms with E-state index in [4.69, 9.17) is 0 Å². The van der Waals surface area contributed by atoms with E-state index in [9.17, 15) is 0 Å². The smallest absolute Gasteiger partial charge is 0.0109 e. The van der Waals surface area contributed by atoms with Gasteiger partial charge in [-0.1, -0.05) is 63.8 Å². The minimum Gasteiger partial charge on any atom is -0.104 e. The predicted molar refractivity (Wildman–Crippen MR) is 74.6 cm³/mol. The van der Waals surface area contributed by atoms with Crippen LogP contribution in [0.1, 0.15) is 39.7 Å². The molecule has 0 radical (unpaired) electrons. The van der Waals surface area contributed by atoms with Crippen molar-refractivity contribution >= 4 is 14.0 Å². The van der Waals surface area contributed by atoms with E-state index >= 15 is 0 Å². The van der Waals surface area contributed by atoms with E-state index in [2.05, 4.69) is 63.8 Å². The van der Waals surface area contributed by atoms with Crippen molar-refractivity contribution in [2.45, 2.75) is 45.2 Å². The van der Waals surface area contributed by atoms with Crippen molar-refractivity contribution in [1.82, 2.24) is 0 Å². The van der Waals surface area contributed by atoms with Crippen molar-refractivity contribution < 1.29 is 0 Å². The summed E-state index contributed by atoms with van der Waals surface area (Å²) < 4.78 is 0. The molecule has 0 N–H and O–H groups in total. The Balaban J connectivity index is 2.08. The second kappa shape index (κ2) is 4.00. The highest BCUT2D eigenvalue weighted by molar-refractivity contribution is 7.40. The van der Waals surface area contributed by atoms with Gasteiger partial charge in [-0.3, -0.25) is 0 Å². The number of hydrogen-bond donors (Lipinski definition) is 0. The Labute approximate surface area is 101 Å². The van der Waals surface area contributed by atoms with E-state index in [0.29, 0.717) is 10.8 Å². The summed E-state index contributed by atoms with van der Waals surface area (Å²) in [6, 6.07) is 10.9. The number of hydrogen-bond acceptors (Lipinski definition) is 0. The summed E-state index contributed by atoms with van der Waals surface area (Å²) in [6.07, 6.45) is 1.34. The molecule has 1 aromatic carbocycles. The van der Waals surface area contributed by atoms with Gasteiger partial charge in [0.25, 0.3) is 0 Å². The van der Waals surface area contributed by atoms with Crippen LogP contribution in [-0.2, 0) is 5.41 Å². The molecule has 2 unspecified atom stereocenters. The molecule has 0 amide bonds. The van der Waals surface area contributed by atoms with Crippen LogP contribution in [0.3, 0.4) is 0 Å². The first kappa shape index (κ1) is 11.9. The molecule has 0 bridgehead atoms. The third kappa shape index (κ3) is 2.55. The highest BCUT2D eigenvalue weighted by Crippen LogP contribution is 2.55. The third-order valence-electron chi connectivity index (χ3n) is 3.27. The molecule has 0 nitrogen and oxygen atoms in total. The third-order valence-corrected chi connectivity index (χ3v) is 5.30. The zero-order chi connectivity index (χ0) is 11.8. The lowest BCUT2D eigenvalue weighted by Gasteiger charge is -2.12. The fraction of sp³-hybridized carbons (Fsp3) is 0.533. The molecule has 0 aliphatic heterocycles. The Morgan fingerprint density at radius 2 is 1.88 bits per heavy atom. The second-order valence-electron chi connectivity index (χ2n) is 6.15. The Morgan fingerprint density at radius 3 is 2.44 bits per heavy atom. The molecule has 0 heterocycles. The second-order valence-corrected chi connectivity index (χ2v) is 7.33. The van der Waals surface area contributed by atoms with Crippen LogP contribution in [-0.4, -0.2) is 11.5 Å². The van der Waals surface area contributed by atoms with Gasteiger partial charge in [-0.05, 0) is 17.4 Å². The Hall–Kier alpha value is -0.610. The molecule has 0 spiro atoms. The van der Waals surface area contributed by atoms with Crippen LogP contribution in [0.5, 0.6) is 0 Å². The standard InChI is InChI=1S/C15H21P/c1-14(2,3)11-16-13-10-15(13,4)12-8-6-5-7-9-12/h5-9,11,13H,10H2,1-4H3. The van der Waals surface area contributed by atoms with Crippen LogP contribution in [0.4, 0.5) is 0 Å².